The number of carbonyl (C=O) groups excluding carboxylic acids is 1. The Morgan fingerprint density at radius 1 is 1.12 bits per heavy atom. The first-order valence-electron chi connectivity index (χ1n) is 8.14. The topological polar surface area (TPSA) is 42.0 Å². The van der Waals surface area contributed by atoms with Crippen molar-refractivity contribution >= 4 is 34.1 Å². The van der Waals surface area contributed by atoms with E-state index in [1.807, 2.05) is 29.6 Å². The van der Waals surface area contributed by atoms with Gasteiger partial charge in [-0.3, -0.25) is 10.1 Å². The highest BCUT2D eigenvalue weighted by atomic mass is 32.2. The second-order valence-corrected chi connectivity index (χ2v) is 7.94. The normalized spacial score (nSPS) is 10.7. The second kappa shape index (κ2) is 7.85. The van der Waals surface area contributed by atoms with Crippen molar-refractivity contribution in [3.8, 4) is 11.3 Å². The Labute approximate surface area is 156 Å². The van der Waals surface area contributed by atoms with Gasteiger partial charge in [-0.2, -0.15) is 0 Å². The number of carbonyl (C=O) groups is 1. The lowest BCUT2D eigenvalue weighted by Gasteiger charge is -2.04. The van der Waals surface area contributed by atoms with Crippen LogP contribution < -0.4 is 5.32 Å². The van der Waals surface area contributed by atoms with Crippen molar-refractivity contribution in [1.29, 1.82) is 0 Å². The number of nitrogens with zero attached hydrogens (tertiary/aromatic N) is 1. The van der Waals surface area contributed by atoms with Crippen LogP contribution in [-0.2, 0) is 0 Å². The summed E-state index contributed by atoms with van der Waals surface area (Å²) < 4.78 is 0. The van der Waals surface area contributed by atoms with Gasteiger partial charge in [-0.1, -0.05) is 19.1 Å². The zero-order chi connectivity index (χ0) is 17.8. The monoisotopic (exact) mass is 368 g/mol. The van der Waals surface area contributed by atoms with Crippen molar-refractivity contribution in [2.24, 2.45) is 0 Å². The molecule has 1 heterocycles. The van der Waals surface area contributed by atoms with Gasteiger partial charge in [0.15, 0.2) is 5.13 Å². The van der Waals surface area contributed by atoms with Crippen LogP contribution in [0.25, 0.3) is 11.3 Å². The van der Waals surface area contributed by atoms with Gasteiger partial charge < -0.3 is 0 Å². The molecule has 3 nitrogen and oxygen atoms in total. The third kappa shape index (κ3) is 4.30. The van der Waals surface area contributed by atoms with Crippen molar-refractivity contribution in [3.05, 3.63) is 64.5 Å². The third-order valence-electron chi connectivity index (χ3n) is 3.95. The van der Waals surface area contributed by atoms with Crippen LogP contribution >= 0.6 is 23.1 Å². The Bertz CT molecular complexity index is 885. The maximum absolute atomic E-state index is 12.4. The van der Waals surface area contributed by atoms with Gasteiger partial charge in [0, 0.05) is 21.4 Å². The summed E-state index contributed by atoms with van der Waals surface area (Å²) in [6.07, 6.45) is 0. The van der Waals surface area contributed by atoms with Crippen LogP contribution in [0.5, 0.6) is 0 Å². The molecule has 0 aliphatic heterocycles. The van der Waals surface area contributed by atoms with Crippen molar-refractivity contribution in [2.75, 3.05) is 11.1 Å². The first kappa shape index (κ1) is 17.7. The van der Waals surface area contributed by atoms with Crippen LogP contribution in [0.2, 0.25) is 0 Å². The van der Waals surface area contributed by atoms with E-state index >= 15 is 0 Å². The minimum Gasteiger partial charge on any atom is -0.298 e. The quantitative estimate of drug-likeness (QED) is 0.579. The molecule has 0 saturated carbocycles. The lowest BCUT2D eigenvalue weighted by molar-refractivity contribution is 0.102. The third-order valence-corrected chi connectivity index (χ3v) is 5.61. The zero-order valence-electron chi connectivity index (χ0n) is 14.5. The first-order chi connectivity index (χ1) is 12.1. The van der Waals surface area contributed by atoms with E-state index in [-0.39, 0.29) is 5.91 Å². The molecule has 25 heavy (non-hydrogen) atoms. The molecular formula is C20H20N2OS2. The molecular weight excluding hydrogens is 348 g/mol. The first-order valence-corrected chi connectivity index (χ1v) is 10.0. The zero-order valence-corrected chi connectivity index (χ0v) is 16.1. The number of nitrogens with one attached hydrogen (secondary N) is 1. The molecule has 1 N–H and O–H groups in total. The van der Waals surface area contributed by atoms with Crippen LogP contribution in [-0.4, -0.2) is 16.6 Å². The maximum atomic E-state index is 12.4. The average Bonchev–Trinajstić information content (AvgIpc) is 3.07. The number of amides is 1. The van der Waals surface area contributed by atoms with E-state index in [1.54, 1.807) is 11.8 Å². The molecule has 0 saturated heterocycles. The summed E-state index contributed by atoms with van der Waals surface area (Å²) in [4.78, 5) is 18.1. The molecule has 3 rings (SSSR count). The molecule has 1 aromatic heterocycles. The molecule has 5 heteroatoms. The van der Waals surface area contributed by atoms with E-state index in [2.05, 4.69) is 49.3 Å². The summed E-state index contributed by atoms with van der Waals surface area (Å²) in [7, 11) is 0. The predicted molar refractivity (Wildman–Crippen MR) is 108 cm³/mol. The second-order valence-electron chi connectivity index (χ2n) is 5.75. The Morgan fingerprint density at radius 3 is 2.56 bits per heavy atom. The number of aromatic nitrogens is 1. The smallest absolute Gasteiger partial charge is 0.257 e. The van der Waals surface area contributed by atoms with Gasteiger partial charge in [-0.05, 0) is 61.1 Å². The van der Waals surface area contributed by atoms with Gasteiger partial charge in [-0.25, -0.2) is 4.98 Å². The highest BCUT2D eigenvalue weighted by Gasteiger charge is 2.10. The largest absolute Gasteiger partial charge is 0.298 e. The molecule has 0 aliphatic rings. The Balaban J connectivity index is 1.72. The minimum atomic E-state index is -0.131. The number of rotatable bonds is 5. The van der Waals surface area contributed by atoms with E-state index in [0.717, 1.165) is 17.0 Å². The van der Waals surface area contributed by atoms with E-state index < -0.39 is 0 Å². The summed E-state index contributed by atoms with van der Waals surface area (Å²) in [5.74, 6) is 0.889. The number of thiazole rings is 1. The fourth-order valence-corrected chi connectivity index (χ4v) is 3.78. The minimum absolute atomic E-state index is 0.131. The molecule has 1 amide bonds. The molecule has 0 fully saturated rings. The highest BCUT2D eigenvalue weighted by molar-refractivity contribution is 7.99. The lowest BCUT2D eigenvalue weighted by Crippen LogP contribution is -2.11. The molecule has 0 unspecified atom stereocenters. The molecule has 0 spiro atoms. The van der Waals surface area contributed by atoms with E-state index in [0.29, 0.717) is 10.7 Å². The number of anilines is 1. The summed E-state index contributed by atoms with van der Waals surface area (Å²) in [5, 5.41) is 5.48. The van der Waals surface area contributed by atoms with Gasteiger partial charge in [0.05, 0.1) is 5.69 Å². The SMILES string of the molecule is CCSc1ccc(C(=O)Nc2nc(-c3ccc(C)c(C)c3)cs2)cc1. The lowest BCUT2D eigenvalue weighted by atomic mass is 10.1. The van der Waals surface area contributed by atoms with Gasteiger partial charge in [0.1, 0.15) is 0 Å². The van der Waals surface area contributed by atoms with E-state index in [9.17, 15) is 4.79 Å². The number of hydrogen-bond donors (Lipinski definition) is 1. The van der Waals surface area contributed by atoms with Crippen LogP contribution in [0.15, 0.2) is 52.7 Å². The van der Waals surface area contributed by atoms with Crippen LogP contribution in [0.4, 0.5) is 5.13 Å². The van der Waals surface area contributed by atoms with E-state index in [1.165, 1.54) is 27.4 Å². The molecule has 2 aromatic carbocycles. The van der Waals surface area contributed by atoms with Gasteiger partial charge in [-0.15, -0.1) is 23.1 Å². The molecule has 0 atom stereocenters. The Morgan fingerprint density at radius 2 is 1.88 bits per heavy atom. The Kier molecular flexibility index (Phi) is 5.56. The molecule has 0 radical (unpaired) electrons. The number of benzene rings is 2. The summed E-state index contributed by atoms with van der Waals surface area (Å²) in [5.41, 5.74) is 5.10. The van der Waals surface area contributed by atoms with Crippen LogP contribution in [0.1, 0.15) is 28.4 Å². The van der Waals surface area contributed by atoms with Gasteiger partial charge in [0.2, 0.25) is 0 Å². The Hall–Kier alpha value is -2.11. The van der Waals surface area contributed by atoms with Crippen LogP contribution in [0, 0.1) is 13.8 Å². The van der Waals surface area contributed by atoms with Gasteiger partial charge in [0.25, 0.3) is 5.91 Å². The summed E-state index contributed by atoms with van der Waals surface area (Å²) in [6, 6.07) is 13.9. The fourth-order valence-electron chi connectivity index (χ4n) is 2.40. The maximum Gasteiger partial charge on any atom is 0.257 e. The number of hydrogen-bond acceptors (Lipinski definition) is 4. The summed E-state index contributed by atoms with van der Waals surface area (Å²) in [6.45, 7) is 6.30. The standard InChI is InChI=1S/C20H20N2OS2/c1-4-24-17-9-7-15(8-10-17)19(23)22-20-21-18(12-25-20)16-6-5-13(2)14(3)11-16/h5-12H,4H2,1-3H3,(H,21,22,23). The number of aryl methyl sites for hydroxylation is 2. The summed E-state index contributed by atoms with van der Waals surface area (Å²) >= 11 is 3.20. The van der Waals surface area contributed by atoms with Gasteiger partial charge >= 0.3 is 0 Å². The molecule has 0 aliphatic carbocycles. The van der Waals surface area contributed by atoms with Crippen molar-refractivity contribution in [3.63, 3.8) is 0 Å². The fraction of sp³-hybridized carbons (Fsp3) is 0.200. The van der Waals surface area contributed by atoms with Crippen LogP contribution in [0.3, 0.4) is 0 Å². The predicted octanol–water partition coefficient (Wildman–Crippen LogP) is 5.79. The van der Waals surface area contributed by atoms with Crippen molar-refractivity contribution in [2.45, 2.75) is 25.7 Å². The average molecular weight is 369 g/mol. The van der Waals surface area contributed by atoms with Crippen molar-refractivity contribution in [1.82, 2.24) is 4.98 Å². The highest BCUT2D eigenvalue weighted by Crippen LogP contribution is 2.27. The molecule has 128 valence electrons. The van der Waals surface area contributed by atoms with Crippen molar-refractivity contribution < 1.29 is 4.79 Å². The molecule has 0 bridgehead atoms. The van der Waals surface area contributed by atoms with E-state index in [4.69, 9.17) is 0 Å². The number of thioether (sulfide) groups is 1. The molecule has 3 aromatic rings.